The molecule has 4 amide bonds. The summed E-state index contributed by atoms with van der Waals surface area (Å²) in [5, 5.41) is 5.18. The maximum absolute atomic E-state index is 12.8. The van der Waals surface area contributed by atoms with Crippen LogP contribution in [0.1, 0.15) is 12.0 Å². The van der Waals surface area contributed by atoms with Crippen molar-refractivity contribution in [2.45, 2.75) is 19.0 Å². The molecule has 0 unspecified atom stereocenters. The second-order valence-corrected chi connectivity index (χ2v) is 6.10. The molecule has 0 aliphatic carbocycles. The highest BCUT2D eigenvalue weighted by molar-refractivity contribution is 7.98. The van der Waals surface area contributed by atoms with E-state index in [9.17, 15) is 18.8 Å². The number of nitrogens with zero attached hydrogens (tertiary/aromatic N) is 1. The lowest BCUT2D eigenvalue weighted by molar-refractivity contribution is -0.132. The first-order valence-corrected chi connectivity index (χ1v) is 8.52. The molecule has 1 heterocycles. The number of urea groups is 1. The van der Waals surface area contributed by atoms with Crippen LogP contribution in [0.25, 0.3) is 0 Å². The lowest BCUT2D eigenvalue weighted by atomic mass is 10.2. The lowest BCUT2D eigenvalue weighted by Gasteiger charge is -2.13. The number of amides is 4. The molecule has 23 heavy (non-hydrogen) atoms. The highest BCUT2D eigenvalue weighted by atomic mass is 32.2. The zero-order valence-corrected chi connectivity index (χ0v) is 13.5. The van der Waals surface area contributed by atoms with Crippen LogP contribution in [0.3, 0.4) is 0 Å². The van der Waals surface area contributed by atoms with Crippen LogP contribution in [0.4, 0.5) is 9.18 Å². The molecule has 2 rings (SSSR count). The third-order valence-electron chi connectivity index (χ3n) is 3.42. The minimum absolute atomic E-state index is 0.207. The topological polar surface area (TPSA) is 78.5 Å². The molecule has 1 aliphatic rings. The maximum Gasteiger partial charge on any atom is 0.325 e. The molecular formula is C15H18FN3O3S. The van der Waals surface area contributed by atoms with Crippen molar-refractivity contribution in [3.05, 3.63) is 35.6 Å². The van der Waals surface area contributed by atoms with E-state index in [0.29, 0.717) is 6.42 Å². The molecule has 0 saturated carbocycles. The van der Waals surface area contributed by atoms with Crippen molar-refractivity contribution in [1.29, 1.82) is 0 Å². The van der Waals surface area contributed by atoms with E-state index < -0.39 is 18.0 Å². The predicted molar refractivity (Wildman–Crippen MR) is 85.3 cm³/mol. The Balaban J connectivity index is 1.83. The second kappa shape index (κ2) is 7.96. The number of hydrogen-bond acceptors (Lipinski definition) is 4. The second-order valence-electron chi connectivity index (χ2n) is 5.11. The summed E-state index contributed by atoms with van der Waals surface area (Å²) in [6, 6.07) is 4.62. The Hall–Kier alpha value is -2.09. The molecule has 0 radical (unpaired) electrons. The standard InChI is InChI=1S/C15H18FN3O3S/c1-23-7-6-12-14(21)19(15(22)18-12)9-13(20)17-8-10-2-4-11(16)5-3-10/h2-5,12H,6-9H2,1H3,(H,17,20)(H,18,22)/t12-/m0/s1. The van der Waals surface area contributed by atoms with E-state index >= 15 is 0 Å². The summed E-state index contributed by atoms with van der Waals surface area (Å²) in [7, 11) is 0. The van der Waals surface area contributed by atoms with Crippen LogP contribution >= 0.6 is 11.8 Å². The number of thioether (sulfide) groups is 1. The summed E-state index contributed by atoms with van der Waals surface area (Å²) in [6.07, 6.45) is 2.46. The van der Waals surface area contributed by atoms with Gasteiger partial charge in [0, 0.05) is 6.54 Å². The third-order valence-corrected chi connectivity index (χ3v) is 4.07. The van der Waals surface area contributed by atoms with Crippen LogP contribution in [0.15, 0.2) is 24.3 Å². The summed E-state index contributed by atoms with van der Waals surface area (Å²) in [4.78, 5) is 36.7. The van der Waals surface area contributed by atoms with Gasteiger partial charge in [-0.3, -0.25) is 14.5 Å². The molecule has 0 aromatic heterocycles. The largest absolute Gasteiger partial charge is 0.350 e. The molecule has 2 N–H and O–H groups in total. The van der Waals surface area contributed by atoms with Crippen LogP contribution < -0.4 is 10.6 Å². The Labute approximate surface area is 137 Å². The van der Waals surface area contributed by atoms with Crippen LogP contribution in [-0.2, 0) is 16.1 Å². The van der Waals surface area contributed by atoms with E-state index in [2.05, 4.69) is 10.6 Å². The number of benzene rings is 1. The molecular weight excluding hydrogens is 321 g/mol. The number of rotatable bonds is 7. The zero-order chi connectivity index (χ0) is 16.8. The van der Waals surface area contributed by atoms with Crippen molar-refractivity contribution >= 4 is 29.6 Å². The summed E-state index contributed by atoms with van der Waals surface area (Å²) < 4.78 is 12.8. The number of halogens is 1. The lowest BCUT2D eigenvalue weighted by Crippen LogP contribution is -2.41. The van der Waals surface area contributed by atoms with Gasteiger partial charge in [0.1, 0.15) is 18.4 Å². The van der Waals surface area contributed by atoms with E-state index in [4.69, 9.17) is 0 Å². The van der Waals surface area contributed by atoms with Crippen LogP contribution in [0.5, 0.6) is 0 Å². The molecule has 1 aromatic carbocycles. The Bertz CT molecular complexity index is 594. The van der Waals surface area contributed by atoms with Gasteiger partial charge < -0.3 is 10.6 Å². The van der Waals surface area contributed by atoms with Crippen molar-refractivity contribution in [1.82, 2.24) is 15.5 Å². The summed E-state index contributed by atoms with van der Waals surface area (Å²) in [5.74, 6) is -0.415. The first kappa shape index (κ1) is 17.3. The third kappa shape index (κ3) is 4.69. The maximum atomic E-state index is 12.8. The van der Waals surface area contributed by atoms with Crippen molar-refractivity contribution in [2.24, 2.45) is 0 Å². The molecule has 6 nitrogen and oxygen atoms in total. The summed E-state index contributed by atoms with van der Waals surface area (Å²) in [5.41, 5.74) is 0.731. The SMILES string of the molecule is CSCC[C@@H]1NC(=O)N(CC(=O)NCc2ccc(F)cc2)C1=O. The van der Waals surface area contributed by atoms with Gasteiger partial charge in [-0.25, -0.2) is 9.18 Å². The molecule has 0 bridgehead atoms. The van der Waals surface area contributed by atoms with E-state index in [1.54, 1.807) is 23.9 Å². The fraction of sp³-hybridized carbons (Fsp3) is 0.400. The van der Waals surface area contributed by atoms with Crippen molar-refractivity contribution in [3.63, 3.8) is 0 Å². The molecule has 1 aromatic rings. The highest BCUT2D eigenvalue weighted by Gasteiger charge is 2.38. The normalized spacial score (nSPS) is 17.3. The Morgan fingerprint density at radius 3 is 2.70 bits per heavy atom. The number of carbonyl (C=O) groups excluding carboxylic acids is 3. The van der Waals surface area contributed by atoms with Gasteiger partial charge in [-0.2, -0.15) is 11.8 Å². The zero-order valence-electron chi connectivity index (χ0n) is 12.7. The highest BCUT2D eigenvalue weighted by Crippen LogP contribution is 2.11. The Morgan fingerprint density at radius 1 is 1.35 bits per heavy atom. The first-order chi connectivity index (χ1) is 11.0. The van der Waals surface area contributed by atoms with Crippen LogP contribution in [0.2, 0.25) is 0 Å². The smallest absolute Gasteiger partial charge is 0.325 e. The average Bonchev–Trinajstić information content (AvgIpc) is 2.80. The number of hydrogen-bond donors (Lipinski definition) is 2. The number of carbonyl (C=O) groups is 3. The summed E-state index contributed by atoms with van der Waals surface area (Å²) in [6.45, 7) is -0.111. The van der Waals surface area contributed by atoms with Crippen molar-refractivity contribution < 1.29 is 18.8 Å². The minimum atomic E-state index is -0.556. The molecule has 1 fully saturated rings. The van der Waals surface area contributed by atoms with Crippen molar-refractivity contribution in [3.8, 4) is 0 Å². The summed E-state index contributed by atoms with van der Waals surface area (Å²) >= 11 is 1.59. The predicted octanol–water partition coefficient (Wildman–Crippen LogP) is 1.12. The molecule has 1 saturated heterocycles. The van der Waals surface area contributed by atoms with Crippen molar-refractivity contribution in [2.75, 3.05) is 18.6 Å². The van der Waals surface area contributed by atoms with E-state index in [1.165, 1.54) is 12.1 Å². The van der Waals surface area contributed by atoms with Gasteiger partial charge in [0.15, 0.2) is 0 Å². The van der Waals surface area contributed by atoms with Gasteiger partial charge in [0.05, 0.1) is 0 Å². The van der Waals surface area contributed by atoms with Gasteiger partial charge in [0.25, 0.3) is 5.91 Å². The average molecular weight is 339 g/mol. The van der Waals surface area contributed by atoms with Crippen LogP contribution in [0, 0.1) is 5.82 Å². The Morgan fingerprint density at radius 2 is 2.04 bits per heavy atom. The first-order valence-electron chi connectivity index (χ1n) is 7.13. The fourth-order valence-corrected chi connectivity index (χ4v) is 2.63. The Kier molecular flexibility index (Phi) is 5.97. The fourth-order valence-electron chi connectivity index (χ4n) is 2.16. The van der Waals surface area contributed by atoms with E-state index in [-0.39, 0.29) is 24.8 Å². The van der Waals surface area contributed by atoms with Gasteiger partial charge >= 0.3 is 6.03 Å². The van der Waals surface area contributed by atoms with E-state index in [1.807, 2.05) is 6.26 Å². The molecule has 124 valence electrons. The number of imide groups is 1. The van der Waals surface area contributed by atoms with Gasteiger partial charge in [-0.1, -0.05) is 12.1 Å². The molecule has 8 heteroatoms. The molecule has 1 aliphatic heterocycles. The quantitative estimate of drug-likeness (QED) is 0.730. The monoisotopic (exact) mass is 339 g/mol. The molecule has 1 atom stereocenters. The van der Waals surface area contributed by atoms with Gasteiger partial charge in [-0.05, 0) is 36.1 Å². The number of nitrogens with one attached hydrogen (secondary N) is 2. The van der Waals surface area contributed by atoms with Crippen LogP contribution in [-0.4, -0.2) is 47.3 Å². The molecule has 0 spiro atoms. The van der Waals surface area contributed by atoms with E-state index in [0.717, 1.165) is 16.2 Å². The minimum Gasteiger partial charge on any atom is -0.350 e. The van der Waals surface area contributed by atoms with Gasteiger partial charge in [0.2, 0.25) is 5.91 Å². The van der Waals surface area contributed by atoms with Gasteiger partial charge in [-0.15, -0.1) is 0 Å².